The molecule has 1 aromatic carbocycles. The molecule has 1 heterocycles. The van der Waals surface area contributed by atoms with E-state index in [-0.39, 0.29) is 5.70 Å². The van der Waals surface area contributed by atoms with E-state index in [9.17, 15) is 14.4 Å². The minimum absolute atomic E-state index is 0.0132. The van der Waals surface area contributed by atoms with Crippen LogP contribution in [0.5, 0.6) is 11.5 Å². The molecule has 0 spiro atoms. The number of rotatable bonds is 6. The minimum atomic E-state index is -1.27. The van der Waals surface area contributed by atoms with Gasteiger partial charge in [0.2, 0.25) is 0 Å². The van der Waals surface area contributed by atoms with Crippen LogP contribution >= 0.6 is 15.9 Å². The van der Waals surface area contributed by atoms with Crippen molar-refractivity contribution in [3.8, 4) is 11.5 Å². The molecule has 1 aliphatic heterocycles. The van der Waals surface area contributed by atoms with E-state index >= 15 is 0 Å². The van der Waals surface area contributed by atoms with Gasteiger partial charge < -0.3 is 19.9 Å². The van der Waals surface area contributed by atoms with Crippen molar-refractivity contribution in [1.29, 1.82) is 0 Å². The number of hydrogen-bond acceptors (Lipinski definition) is 5. The molecular weight excluding hydrogens is 384 g/mol. The number of nitrogens with zero attached hydrogens (tertiary/aromatic N) is 1. The number of halogens is 1. The van der Waals surface area contributed by atoms with Gasteiger partial charge in [0.15, 0.2) is 11.5 Å². The van der Waals surface area contributed by atoms with Crippen molar-refractivity contribution in [2.45, 2.75) is 6.92 Å². The molecule has 24 heavy (non-hydrogen) atoms. The Morgan fingerprint density at radius 1 is 1.42 bits per heavy atom. The lowest BCUT2D eigenvalue weighted by Crippen LogP contribution is -2.35. The van der Waals surface area contributed by atoms with E-state index in [4.69, 9.17) is 14.6 Å². The van der Waals surface area contributed by atoms with Crippen LogP contribution in [-0.4, -0.2) is 48.2 Å². The largest absolute Gasteiger partial charge is 0.492 e. The predicted octanol–water partition coefficient (Wildman–Crippen LogP) is 1.83. The van der Waals surface area contributed by atoms with Crippen molar-refractivity contribution < 1.29 is 29.0 Å². The zero-order valence-electron chi connectivity index (χ0n) is 13.0. The third-order valence-corrected chi connectivity index (χ3v) is 3.69. The van der Waals surface area contributed by atoms with Crippen molar-refractivity contribution in [3.63, 3.8) is 0 Å². The second-order valence-electron chi connectivity index (χ2n) is 4.74. The number of aliphatic carboxylic acids is 1. The molecule has 0 aromatic heterocycles. The molecule has 0 unspecified atom stereocenters. The molecule has 0 aliphatic carbocycles. The molecule has 8 nitrogen and oxygen atoms in total. The van der Waals surface area contributed by atoms with E-state index in [0.29, 0.717) is 33.0 Å². The second kappa shape index (κ2) is 7.35. The first kappa shape index (κ1) is 17.8. The predicted molar refractivity (Wildman–Crippen MR) is 87.7 cm³/mol. The topological polar surface area (TPSA) is 105 Å². The van der Waals surface area contributed by atoms with Crippen LogP contribution in [0.2, 0.25) is 0 Å². The number of carbonyl (C=O) groups excluding carboxylic acids is 2. The van der Waals surface area contributed by atoms with Crippen LogP contribution in [0.4, 0.5) is 4.79 Å². The van der Waals surface area contributed by atoms with Crippen molar-refractivity contribution in [2.75, 3.05) is 20.3 Å². The Hall–Kier alpha value is -2.55. The molecule has 1 aromatic rings. The summed E-state index contributed by atoms with van der Waals surface area (Å²) < 4.78 is 11.4. The van der Waals surface area contributed by atoms with Crippen LogP contribution < -0.4 is 14.8 Å². The lowest BCUT2D eigenvalue weighted by atomic mass is 10.1. The number of ether oxygens (including phenoxy) is 2. The van der Waals surface area contributed by atoms with Gasteiger partial charge in [-0.05, 0) is 46.6 Å². The van der Waals surface area contributed by atoms with Gasteiger partial charge in [0, 0.05) is 0 Å². The number of hydrogen-bond donors (Lipinski definition) is 2. The standard InChI is InChI=1S/C15H15BrN2O6/c1-3-24-11-6-8(4-9(16)13(11)23-2)5-10-14(21)18(7-12(19)20)15(22)17-10/h4-6H,3,7H2,1-2H3,(H,17,22)(H,19,20)/b10-5+. The first-order valence-corrected chi connectivity index (χ1v) is 7.73. The molecular formula is C15H15BrN2O6. The number of carboxylic acids is 1. The summed E-state index contributed by atoms with van der Waals surface area (Å²) in [4.78, 5) is 35.1. The van der Waals surface area contributed by atoms with E-state index in [1.165, 1.54) is 13.2 Å². The molecule has 0 radical (unpaired) electrons. The van der Waals surface area contributed by atoms with Crippen LogP contribution in [0.3, 0.4) is 0 Å². The second-order valence-corrected chi connectivity index (χ2v) is 5.59. The average molecular weight is 399 g/mol. The van der Waals surface area contributed by atoms with E-state index in [1.54, 1.807) is 12.1 Å². The summed E-state index contributed by atoms with van der Waals surface area (Å²) in [5.41, 5.74) is 0.563. The average Bonchev–Trinajstić information content (AvgIpc) is 2.75. The third kappa shape index (κ3) is 3.67. The van der Waals surface area contributed by atoms with Gasteiger partial charge in [-0.15, -0.1) is 0 Å². The number of amides is 3. The highest BCUT2D eigenvalue weighted by atomic mass is 79.9. The summed E-state index contributed by atoms with van der Waals surface area (Å²) in [6.07, 6.45) is 1.44. The summed E-state index contributed by atoms with van der Waals surface area (Å²) in [6, 6.07) is 2.57. The van der Waals surface area contributed by atoms with E-state index in [2.05, 4.69) is 21.2 Å². The maximum absolute atomic E-state index is 12.1. The maximum atomic E-state index is 12.1. The lowest BCUT2D eigenvalue weighted by molar-refractivity contribution is -0.140. The van der Waals surface area contributed by atoms with Crippen LogP contribution in [0.15, 0.2) is 22.3 Å². The summed E-state index contributed by atoms with van der Waals surface area (Å²) in [5.74, 6) is -0.994. The van der Waals surface area contributed by atoms with Crippen LogP contribution in [0.25, 0.3) is 6.08 Å². The molecule has 0 bridgehead atoms. The van der Waals surface area contributed by atoms with Crippen LogP contribution in [0, 0.1) is 0 Å². The molecule has 2 N–H and O–H groups in total. The monoisotopic (exact) mass is 398 g/mol. The summed E-state index contributed by atoms with van der Waals surface area (Å²) in [7, 11) is 1.51. The Morgan fingerprint density at radius 2 is 2.12 bits per heavy atom. The maximum Gasteiger partial charge on any atom is 0.329 e. The highest BCUT2D eigenvalue weighted by molar-refractivity contribution is 9.10. The number of imide groups is 1. The highest BCUT2D eigenvalue weighted by Crippen LogP contribution is 2.37. The van der Waals surface area contributed by atoms with Crippen molar-refractivity contribution in [1.82, 2.24) is 10.2 Å². The molecule has 1 fully saturated rings. The van der Waals surface area contributed by atoms with Gasteiger partial charge in [0.05, 0.1) is 18.2 Å². The number of carbonyl (C=O) groups is 3. The molecule has 1 aliphatic rings. The number of benzene rings is 1. The SMILES string of the molecule is CCOc1cc(/C=C2/NC(=O)N(CC(=O)O)C2=O)cc(Br)c1OC. The summed E-state index contributed by atoms with van der Waals surface area (Å²) in [6.45, 7) is 1.55. The first-order chi connectivity index (χ1) is 11.4. The van der Waals surface area contributed by atoms with E-state index < -0.39 is 24.5 Å². The molecule has 2 rings (SSSR count). The Balaban J connectivity index is 2.36. The third-order valence-electron chi connectivity index (χ3n) is 3.10. The highest BCUT2D eigenvalue weighted by Gasteiger charge is 2.34. The van der Waals surface area contributed by atoms with Crippen LogP contribution in [-0.2, 0) is 9.59 Å². The fourth-order valence-electron chi connectivity index (χ4n) is 2.15. The number of methoxy groups -OCH3 is 1. The summed E-state index contributed by atoms with van der Waals surface area (Å²) in [5, 5.41) is 11.1. The Bertz CT molecular complexity index is 731. The van der Waals surface area contributed by atoms with Gasteiger partial charge in [-0.1, -0.05) is 0 Å². The molecule has 1 saturated heterocycles. The number of carboxylic acid groups (broad SMARTS) is 1. The van der Waals surface area contributed by atoms with Gasteiger partial charge >= 0.3 is 12.0 Å². The molecule has 0 atom stereocenters. The van der Waals surface area contributed by atoms with Gasteiger partial charge in [-0.3, -0.25) is 9.59 Å². The molecule has 9 heteroatoms. The summed E-state index contributed by atoms with van der Waals surface area (Å²) >= 11 is 3.35. The van der Waals surface area contributed by atoms with Gasteiger partial charge in [0.25, 0.3) is 5.91 Å². The lowest BCUT2D eigenvalue weighted by Gasteiger charge is -2.12. The number of nitrogens with one attached hydrogen (secondary N) is 1. The van der Waals surface area contributed by atoms with Crippen LogP contribution in [0.1, 0.15) is 12.5 Å². The molecule has 3 amide bonds. The van der Waals surface area contributed by atoms with E-state index in [0.717, 1.165) is 0 Å². The zero-order valence-corrected chi connectivity index (χ0v) is 14.5. The number of urea groups is 1. The van der Waals surface area contributed by atoms with Gasteiger partial charge in [-0.2, -0.15) is 0 Å². The Morgan fingerprint density at radius 3 is 2.71 bits per heavy atom. The fraction of sp³-hybridized carbons (Fsp3) is 0.267. The van der Waals surface area contributed by atoms with Crippen molar-refractivity contribution in [2.24, 2.45) is 0 Å². The normalized spacial score (nSPS) is 15.6. The fourth-order valence-corrected chi connectivity index (χ4v) is 2.77. The minimum Gasteiger partial charge on any atom is -0.492 e. The quantitative estimate of drug-likeness (QED) is 0.559. The molecule has 128 valence electrons. The zero-order chi connectivity index (χ0) is 17.9. The Kier molecular flexibility index (Phi) is 5.45. The van der Waals surface area contributed by atoms with Gasteiger partial charge in [0.1, 0.15) is 12.2 Å². The Labute approximate surface area is 146 Å². The molecule has 0 saturated carbocycles. The van der Waals surface area contributed by atoms with Crippen molar-refractivity contribution >= 4 is 39.9 Å². The van der Waals surface area contributed by atoms with Gasteiger partial charge in [-0.25, -0.2) is 9.69 Å². The van der Waals surface area contributed by atoms with E-state index in [1.807, 2.05) is 6.92 Å². The first-order valence-electron chi connectivity index (χ1n) is 6.94. The van der Waals surface area contributed by atoms with Crippen molar-refractivity contribution in [3.05, 3.63) is 27.9 Å². The smallest absolute Gasteiger partial charge is 0.329 e.